The number of aliphatic hydroxyl groups is 1. The van der Waals surface area contributed by atoms with Crippen LogP contribution in [0.4, 0.5) is 0 Å². The van der Waals surface area contributed by atoms with E-state index in [1.54, 1.807) is 37.4 Å². The van der Waals surface area contributed by atoms with E-state index in [9.17, 15) is 13.5 Å². The van der Waals surface area contributed by atoms with Gasteiger partial charge in [0.25, 0.3) is 0 Å². The van der Waals surface area contributed by atoms with E-state index in [4.69, 9.17) is 4.74 Å². The van der Waals surface area contributed by atoms with E-state index >= 15 is 0 Å². The van der Waals surface area contributed by atoms with E-state index in [-0.39, 0.29) is 10.6 Å². The Kier molecular flexibility index (Phi) is 4.40. The summed E-state index contributed by atoms with van der Waals surface area (Å²) < 4.78 is 30.8. The maximum atomic E-state index is 12.8. The fraction of sp³-hybridized carbons (Fsp3) is 0.368. The highest BCUT2D eigenvalue weighted by atomic mass is 32.2. The average Bonchev–Trinajstić information content (AvgIpc) is 2.54. The number of ether oxygens (including phenoxy) is 1. The normalized spacial score (nSPS) is 20.5. The predicted molar refractivity (Wildman–Crippen MR) is 93.1 cm³/mol. The predicted octanol–water partition coefficient (Wildman–Crippen LogP) is 3.00. The maximum absolute atomic E-state index is 12.8. The SMILES string of the molecule is COc1ccc2c(c1)C(O)(CS(=O)(=O)c1ccc(C)cc1)CCC2. The minimum atomic E-state index is -3.59. The van der Waals surface area contributed by atoms with E-state index in [2.05, 4.69) is 0 Å². The third-order valence-electron chi connectivity index (χ3n) is 4.66. The number of aryl methyl sites for hydroxylation is 2. The van der Waals surface area contributed by atoms with Crippen LogP contribution in [0.3, 0.4) is 0 Å². The lowest BCUT2D eigenvalue weighted by atomic mass is 9.80. The Hall–Kier alpha value is -1.85. The van der Waals surface area contributed by atoms with Gasteiger partial charge in [-0.1, -0.05) is 23.8 Å². The Morgan fingerprint density at radius 3 is 2.54 bits per heavy atom. The van der Waals surface area contributed by atoms with Crippen molar-refractivity contribution in [3.05, 3.63) is 59.2 Å². The number of benzene rings is 2. The highest BCUT2D eigenvalue weighted by molar-refractivity contribution is 7.91. The van der Waals surface area contributed by atoms with Gasteiger partial charge in [0.15, 0.2) is 9.84 Å². The molecule has 2 aromatic carbocycles. The van der Waals surface area contributed by atoms with E-state index < -0.39 is 15.4 Å². The molecule has 1 atom stereocenters. The van der Waals surface area contributed by atoms with Gasteiger partial charge >= 0.3 is 0 Å². The molecule has 0 amide bonds. The summed E-state index contributed by atoms with van der Waals surface area (Å²) in [5, 5.41) is 11.2. The van der Waals surface area contributed by atoms with E-state index in [0.717, 1.165) is 24.0 Å². The summed E-state index contributed by atoms with van der Waals surface area (Å²) in [5.74, 6) is 0.310. The lowest BCUT2D eigenvalue weighted by Gasteiger charge is -2.34. The minimum absolute atomic E-state index is 0.247. The van der Waals surface area contributed by atoms with Gasteiger partial charge in [-0.15, -0.1) is 0 Å². The van der Waals surface area contributed by atoms with Crippen LogP contribution >= 0.6 is 0 Å². The maximum Gasteiger partial charge on any atom is 0.181 e. The number of fused-ring (bicyclic) bond motifs is 1. The molecule has 5 heteroatoms. The molecular formula is C19H22O4S. The summed E-state index contributed by atoms with van der Waals surface area (Å²) >= 11 is 0. The Labute approximate surface area is 143 Å². The van der Waals surface area contributed by atoms with Crippen LogP contribution in [0.2, 0.25) is 0 Å². The molecule has 1 N–H and O–H groups in total. The summed E-state index contributed by atoms with van der Waals surface area (Å²) in [6, 6.07) is 12.3. The van der Waals surface area contributed by atoms with E-state index in [1.807, 2.05) is 19.1 Å². The molecule has 0 radical (unpaired) electrons. The Bertz CT molecular complexity index is 840. The molecule has 1 unspecified atom stereocenters. The van der Waals surface area contributed by atoms with Crippen molar-refractivity contribution < 1.29 is 18.3 Å². The van der Waals surface area contributed by atoms with Crippen molar-refractivity contribution in [1.29, 1.82) is 0 Å². The van der Waals surface area contributed by atoms with Gasteiger partial charge in [0.2, 0.25) is 0 Å². The molecule has 1 aliphatic rings. The number of hydrogen-bond acceptors (Lipinski definition) is 4. The van der Waals surface area contributed by atoms with Gasteiger partial charge in [-0.05, 0) is 61.6 Å². The molecule has 0 saturated carbocycles. The van der Waals surface area contributed by atoms with Crippen LogP contribution < -0.4 is 4.74 Å². The number of methoxy groups -OCH3 is 1. The smallest absolute Gasteiger partial charge is 0.181 e. The third-order valence-corrected chi connectivity index (χ3v) is 6.51. The van der Waals surface area contributed by atoms with Crippen molar-refractivity contribution in [2.24, 2.45) is 0 Å². The number of hydrogen-bond donors (Lipinski definition) is 1. The monoisotopic (exact) mass is 346 g/mol. The van der Waals surface area contributed by atoms with Gasteiger partial charge in [-0.2, -0.15) is 0 Å². The zero-order chi connectivity index (χ0) is 17.4. The molecule has 0 aliphatic heterocycles. The molecule has 0 saturated heterocycles. The quantitative estimate of drug-likeness (QED) is 0.924. The fourth-order valence-corrected chi connectivity index (χ4v) is 4.98. The zero-order valence-corrected chi connectivity index (χ0v) is 14.8. The molecule has 0 bridgehead atoms. The van der Waals surface area contributed by atoms with Crippen LogP contribution in [0.25, 0.3) is 0 Å². The minimum Gasteiger partial charge on any atom is -0.497 e. The summed E-state index contributed by atoms with van der Waals surface area (Å²) in [6.45, 7) is 1.91. The van der Waals surface area contributed by atoms with Crippen LogP contribution in [-0.4, -0.2) is 26.4 Å². The Balaban J connectivity index is 1.99. The Morgan fingerprint density at radius 1 is 1.17 bits per heavy atom. The first-order valence-corrected chi connectivity index (χ1v) is 9.68. The van der Waals surface area contributed by atoms with Crippen LogP contribution in [0.5, 0.6) is 5.75 Å². The zero-order valence-electron chi connectivity index (χ0n) is 14.0. The fourth-order valence-electron chi connectivity index (χ4n) is 3.33. The van der Waals surface area contributed by atoms with Crippen molar-refractivity contribution in [2.75, 3.05) is 12.9 Å². The molecule has 0 fully saturated rings. The summed E-state index contributed by atoms with van der Waals surface area (Å²) in [4.78, 5) is 0.247. The van der Waals surface area contributed by atoms with E-state index in [1.165, 1.54) is 0 Å². The van der Waals surface area contributed by atoms with Crippen LogP contribution in [0.15, 0.2) is 47.4 Å². The molecular weight excluding hydrogens is 324 g/mol. The van der Waals surface area contributed by atoms with Gasteiger partial charge in [0.1, 0.15) is 11.4 Å². The van der Waals surface area contributed by atoms with Gasteiger partial charge in [-0.3, -0.25) is 0 Å². The highest BCUT2D eigenvalue weighted by Crippen LogP contribution is 2.39. The van der Waals surface area contributed by atoms with Gasteiger partial charge in [0, 0.05) is 0 Å². The lowest BCUT2D eigenvalue weighted by molar-refractivity contribution is 0.0418. The van der Waals surface area contributed by atoms with Crippen LogP contribution in [0, 0.1) is 6.92 Å². The second-order valence-corrected chi connectivity index (χ2v) is 8.47. The number of sulfone groups is 1. The van der Waals surface area contributed by atoms with Gasteiger partial charge in [0.05, 0.1) is 17.8 Å². The topological polar surface area (TPSA) is 63.6 Å². The molecule has 3 rings (SSSR count). The summed E-state index contributed by atoms with van der Waals surface area (Å²) in [7, 11) is -2.03. The molecule has 2 aromatic rings. The number of rotatable bonds is 4. The summed E-state index contributed by atoms with van der Waals surface area (Å²) in [5.41, 5.74) is 1.28. The first kappa shape index (κ1) is 17.0. The van der Waals surface area contributed by atoms with Gasteiger partial charge < -0.3 is 9.84 Å². The lowest BCUT2D eigenvalue weighted by Crippen LogP contribution is -2.38. The standard InChI is InChI=1S/C19H22O4S/c1-14-5-9-17(10-6-14)24(21,22)13-19(20)11-3-4-15-7-8-16(23-2)12-18(15)19/h5-10,12,20H,3-4,11,13H2,1-2H3. The molecule has 24 heavy (non-hydrogen) atoms. The molecule has 0 heterocycles. The second-order valence-electron chi connectivity index (χ2n) is 6.48. The molecule has 128 valence electrons. The van der Waals surface area contributed by atoms with Crippen molar-refractivity contribution in [2.45, 2.75) is 36.7 Å². The molecule has 1 aliphatic carbocycles. The Morgan fingerprint density at radius 2 is 1.88 bits per heavy atom. The highest BCUT2D eigenvalue weighted by Gasteiger charge is 2.39. The van der Waals surface area contributed by atoms with Crippen LogP contribution in [-0.2, 0) is 21.9 Å². The average molecular weight is 346 g/mol. The summed E-state index contributed by atoms with van der Waals surface area (Å²) in [6.07, 6.45) is 2.03. The van der Waals surface area contributed by atoms with E-state index in [0.29, 0.717) is 17.7 Å². The first-order valence-electron chi connectivity index (χ1n) is 8.03. The van der Waals surface area contributed by atoms with Crippen LogP contribution in [0.1, 0.15) is 29.5 Å². The molecule has 0 spiro atoms. The van der Waals surface area contributed by atoms with Crippen molar-refractivity contribution in [3.63, 3.8) is 0 Å². The van der Waals surface area contributed by atoms with Crippen molar-refractivity contribution in [3.8, 4) is 5.75 Å². The third kappa shape index (κ3) is 3.19. The largest absolute Gasteiger partial charge is 0.497 e. The van der Waals surface area contributed by atoms with Crippen molar-refractivity contribution >= 4 is 9.84 Å². The van der Waals surface area contributed by atoms with Gasteiger partial charge in [-0.25, -0.2) is 8.42 Å². The first-order chi connectivity index (χ1) is 11.3. The van der Waals surface area contributed by atoms with Crippen molar-refractivity contribution in [1.82, 2.24) is 0 Å². The second kappa shape index (κ2) is 6.22. The molecule has 4 nitrogen and oxygen atoms in total. The molecule has 0 aromatic heterocycles.